The minimum Gasteiger partial charge on any atom is -0.465 e. The normalized spacial score (nSPS) is 14.2. The highest BCUT2D eigenvalue weighted by Crippen LogP contribution is 2.22. The van der Waals surface area contributed by atoms with Crippen LogP contribution in [0.25, 0.3) is 0 Å². The fourth-order valence-corrected chi connectivity index (χ4v) is 2.15. The Balaban J connectivity index is 2.81. The molecular formula is C16H25NO2. The second-order valence-electron chi connectivity index (χ2n) is 5.01. The first-order valence-corrected chi connectivity index (χ1v) is 7.07. The predicted octanol–water partition coefficient (Wildman–Crippen LogP) is 3.32. The molecule has 1 rings (SSSR count). The van der Waals surface area contributed by atoms with Crippen molar-refractivity contribution in [2.45, 2.75) is 46.2 Å². The summed E-state index contributed by atoms with van der Waals surface area (Å²) in [7, 11) is 0. The Morgan fingerprint density at radius 1 is 1.21 bits per heavy atom. The molecule has 0 radical (unpaired) electrons. The van der Waals surface area contributed by atoms with Gasteiger partial charge in [-0.1, -0.05) is 51.1 Å². The van der Waals surface area contributed by atoms with E-state index in [1.165, 1.54) is 5.56 Å². The summed E-state index contributed by atoms with van der Waals surface area (Å²) in [4.78, 5) is 11.9. The van der Waals surface area contributed by atoms with Crippen LogP contribution in [0, 0.1) is 5.92 Å². The largest absolute Gasteiger partial charge is 0.465 e. The van der Waals surface area contributed by atoms with Crippen LogP contribution in [0.1, 0.15) is 45.7 Å². The first-order valence-electron chi connectivity index (χ1n) is 7.07. The fraction of sp³-hybridized carbons (Fsp3) is 0.562. The summed E-state index contributed by atoms with van der Waals surface area (Å²) in [6.45, 7) is 8.57. The molecule has 0 bridgehead atoms. The summed E-state index contributed by atoms with van der Waals surface area (Å²) in [6.07, 6.45) is 0.731. The van der Waals surface area contributed by atoms with Crippen molar-refractivity contribution in [2.24, 2.45) is 5.92 Å². The van der Waals surface area contributed by atoms with Gasteiger partial charge in [-0.15, -0.1) is 0 Å². The molecule has 3 heteroatoms. The van der Waals surface area contributed by atoms with Gasteiger partial charge in [0.1, 0.15) is 6.04 Å². The molecule has 1 aromatic rings. The Morgan fingerprint density at radius 3 is 2.32 bits per heavy atom. The molecule has 19 heavy (non-hydrogen) atoms. The highest BCUT2D eigenvalue weighted by molar-refractivity contribution is 5.75. The van der Waals surface area contributed by atoms with Crippen LogP contribution in [0.5, 0.6) is 0 Å². The van der Waals surface area contributed by atoms with Crippen LogP contribution in [0.2, 0.25) is 0 Å². The van der Waals surface area contributed by atoms with Gasteiger partial charge in [0.05, 0.1) is 6.61 Å². The second kappa shape index (κ2) is 7.95. The lowest BCUT2D eigenvalue weighted by Crippen LogP contribution is -2.41. The van der Waals surface area contributed by atoms with Crippen molar-refractivity contribution >= 4 is 5.97 Å². The molecule has 0 aliphatic heterocycles. The number of ether oxygens (including phenoxy) is 1. The SMILES string of the molecule is CCOC(=O)[C@H](CC)N[C@H](c1ccccc1)C(C)C. The average molecular weight is 263 g/mol. The molecule has 0 heterocycles. The van der Waals surface area contributed by atoms with Crippen molar-refractivity contribution in [3.8, 4) is 0 Å². The summed E-state index contributed by atoms with van der Waals surface area (Å²) in [5.74, 6) is 0.248. The van der Waals surface area contributed by atoms with E-state index in [9.17, 15) is 4.79 Å². The first-order chi connectivity index (χ1) is 9.10. The van der Waals surface area contributed by atoms with Gasteiger partial charge in [-0.2, -0.15) is 0 Å². The van der Waals surface area contributed by atoms with Crippen LogP contribution in [0.15, 0.2) is 30.3 Å². The van der Waals surface area contributed by atoms with Crippen molar-refractivity contribution in [2.75, 3.05) is 6.61 Å². The van der Waals surface area contributed by atoms with E-state index < -0.39 is 0 Å². The molecule has 106 valence electrons. The summed E-state index contributed by atoms with van der Waals surface area (Å²) in [5.41, 5.74) is 1.21. The molecule has 0 fully saturated rings. The lowest BCUT2D eigenvalue weighted by molar-refractivity contribution is -0.146. The summed E-state index contributed by atoms with van der Waals surface area (Å²) in [6, 6.07) is 10.2. The van der Waals surface area contributed by atoms with Crippen LogP contribution in [-0.2, 0) is 9.53 Å². The zero-order valence-electron chi connectivity index (χ0n) is 12.3. The van der Waals surface area contributed by atoms with E-state index in [-0.39, 0.29) is 18.1 Å². The summed E-state index contributed by atoms with van der Waals surface area (Å²) < 4.78 is 5.11. The van der Waals surface area contributed by atoms with Gasteiger partial charge in [0.15, 0.2) is 0 Å². The zero-order chi connectivity index (χ0) is 14.3. The molecule has 0 aromatic heterocycles. The van der Waals surface area contributed by atoms with Crippen molar-refractivity contribution in [3.05, 3.63) is 35.9 Å². The number of benzene rings is 1. The maximum atomic E-state index is 11.9. The third-order valence-corrected chi connectivity index (χ3v) is 3.19. The van der Waals surface area contributed by atoms with Crippen LogP contribution in [0.4, 0.5) is 0 Å². The van der Waals surface area contributed by atoms with E-state index >= 15 is 0 Å². The summed E-state index contributed by atoms with van der Waals surface area (Å²) >= 11 is 0. The number of nitrogens with one attached hydrogen (secondary N) is 1. The molecule has 0 amide bonds. The molecule has 0 aliphatic rings. The third kappa shape index (κ3) is 4.67. The van der Waals surface area contributed by atoms with E-state index in [0.717, 1.165) is 6.42 Å². The van der Waals surface area contributed by atoms with Crippen molar-refractivity contribution in [1.82, 2.24) is 5.32 Å². The zero-order valence-corrected chi connectivity index (χ0v) is 12.3. The van der Waals surface area contributed by atoms with Crippen molar-refractivity contribution < 1.29 is 9.53 Å². The van der Waals surface area contributed by atoms with Crippen molar-refractivity contribution in [1.29, 1.82) is 0 Å². The Morgan fingerprint density at radius 2 is 1.84 bits per heavy atom. The molecule has 2 atom stereocenters. The molecule has 1 N–H and O–H groups in total. The van der Waals surface area contributed by atoms with E-state index in [1.54, 1.807) is 0 Å². The number of hydrogen-bond donors (Lipinski definition) is 1. The van der Waals surface area contributed by atoms with Crippen LogP contribution >= 0.6 is 0 Å². The number of carbonyl (C=O) groups is 1. The van der Waals surface area contributed by atoms with E-state index in [0.29, 0.717) is 12.5 Å². The Kier molecular flexibility index (Phi) is 6.57. The second-order valence-corrected chi connectivity index (χ2v) is 5.01. The number of carbonyl (C=O) groups excluding carboxylic acids is 1. The molecule has 0 spiro atoms. The predicted molar refractivity (Wildman–Crippen MR) is 77.9 cm³/mol. The fourth-order valence-electron chi connectivity index (χ4n) is 2.15. The monoisotopic (exact) mass is 263 g/mol. The molecular weight excluding hydrogens is 238 g/mol. The highest BCUT2D eigenvalue weighted by Gasteiger charge is 2.24. The molecule has 0 saturated carbocycles. The van der Waals surface area contributed by atoms with Crippen molar-refractivity contribution in [3.63, 3.8) is 0 Å². The van der Waals surface area contributed by atoms with Gasteiger partial charge in [0, 0.05) is 6.04 Å². The molecule has 3 nitrogen and oxygen atoms in total. The first kappa shape index (κ1) is 15.7. The smallest absolute Gasteiger partial charge is 0.323 e. The maximum absolute atomic E-state index is 11.9. The quantitative estimate of drug-likeness (QED) is 0.767. The molecule has 0 unspecified atom stereocenters. The van der Waals surface area contributed by atoms with E-state index in [4.69, 9.17) is 4.74 Å². The third-order valence-electron chi connectivity index (χ3n) is 3.19. The minimum absolute atomic E-state index is 0.161. The Bertz CT molecular complexity index is 376. The Labute approximate surface area is 116 Å². The van der Waals surface area contributed by atoms with Crippen LogP contribution in [0.3, 0.4) is 0 Å². The lowest BCUT2D eigenvalue weighted by atomic mass is 9.95. The number of hydrogen-bond acceptors (Lipinski definition) is 3. The average Bonchev–Trinajstić information content (AvgIpc) is 2.40. The highest BCUT2D eigenvalue weighted by atomic mass is 16.5. The molecule has 1 aromatic carbocycles. The standard InChI is InChI=1S/C16H25NO2/c1-5-14(16(18)19-6-2)17-15(12(3)4)13-10-8-7-9-11-13/h7-12,14-15,17H,5-6H2,1-4H3/t14-,15-/m0/s1. The van der Waals surface area contributed by atoms with E-state index in [2.05, 4.69) is 31.3 Å². The van der Waals surface area contributed by atoms with Crippen LogP contribution in [-0.4, -0.2) is 18.6 Å². The van der Waals surface area contributed by atoms with Gasteiger partial charge in [0.25, 0.3) is 0 Å². The maximum Gasteiger partial charge on any atom is 0.323 e. The molecule has 0 aliphatic carbocycles. The Hall–Kier alpha value is -1.35. The van der Waals surface area contributed by atoms with Gasteiger partial charge in [-0.05, 0) is 24.8 Å². The minimum atomic E-state index is -0.243. The summed E-state index contributed by atoms with van der Waals surface area (Å²) in [5, 5.41) is 3.43. The number of rotatable bonds is 7. The number of esters is 1. The topological polar surface area (TPSA) is 38.3 Å². The van der Waals surface area contributed by atoms with Gasteiger partial charge in [-0.25, -0.2) is 0 Å². The van der Waals surface area contributed by atoms with Gasteiger partial charge in [-0.3, -0.25) is 10.1 Å². The van der Waals surface area contributed by atoms with Crippen LogP contribution < -0.4 is 5.32 Å². The van der Waals surface area contributed by atoms with E-state index in [1.807, 2.05) is 32.0 Å². The van der Waals surface area contributed by atoms with Gasteiger partial charge < -0.3 is 4.74 Å². The van der Waals surface area contributed by atoms with Gasteiger partial charge >= 0.3 is 5.97 Å². The van der Waals surface area contributed by atoms with Gasteiger partial charge in [0.2, 0.25) is 0 Å². The molecule has 0 saturated heterocycles. The lowest BCUT2D eigenvalue weighted by Gasteiger charge is -2.27.